The van der Waals surface area contributed by atoms with Crippen LogP contribution in [0.4, 0.5) is 0 Å². The number of benzene rings is 1. The number of hydrogen-bond acceptors (Lipinski definition) is 4. The van der Waals surface area contributed by atoms with E-state index in [0.29, 0.717) is 29.1 Å². The van der Waals surface area contributed by atoms with Crippen LogP contribution >= 0.6 is 11.6 Å². The number of nitrogens with zero attached hydrogens (tertiary/aromatic N) is 1. The molecule has 0 saturated heterocycles. The number of hydrogen-bond donors (Lipinski definition) is 0. The van der Waals surface area contributed by atoms with Gasteiger partial charge in [0.25, 0.3) is 0 Å². The lowest BCUT2D eigenvalue weighted by Crippen LogP contribution is -2.39. The number of aliphatic imine (C=N–C) groups is 1. The number of carbonyl (C=O) groups excluding carboxylic acids is 2. The van der Waals surface area contributed by atoms with Gasteiger partial charge in [-0.15, -0.1) is 0 Å². The predicted molar refractivity (Wildman–Crippen MR) is 107 cm³/mol. The first-order valence-corrected chi connectivity index (χ1v) is 9.46. The van der Waals surface area contributed by atoms with Crippen LogP contribution in [0.5, 0.6) is 0 Å². The van der Waals surface area contributed by atoms with Gasteiger partial charge in [-0.25, -0.2) is 0 Å². The van der Waals surface area contributed by atoms with E-state index in [9.17, 15) is 9.59 Å². The summed E-state index contributed by atoms with van der Waals surface area (Å²) in [4.78, 5) is 30.6. The van der Waals surface area contributed by atoms with Gasteiger partial charge in [0.05, 0.1) is 0 Å². The van der Waals surface area contributed by atoms with Gasteiger partial charge in [-0.1, -0.05) is 50.2 Å². The Morgan fingerprint density at radius 1 is 1.41 bits per heavy atom. The van der Waals surface area contributed by atoms with E-state index in [0.717, 1.165) is 11.3 Å². The second-order valence-corrected chi connectivity index (χ2v) is 8.42. The first kappa shape index (κ1) is 19.6. The fourth-order valence-corrected chi connectivity index (χ4v) is 4.24. The largest absolute Gasteiger partial charge is 0.461 e. The van der Waals surface area contributed by atoms with Crippen LogP contribution in [-0.2, 0) is 14.3 Å². The fraction of sp³-hybridized carbons (Fsp3) is 0.409. The minimum absolute atomic E-state index is 0.0454. The zero-order valence-electron chi connectivity index (χ0n) is 15.9. The summed E-state index contributed by atoms with van der Waals surface area (Å²) in [7, 11) is 0. The fourth-order valence-electron chi connectivity index (χ4n) is 4.04. The van der Waals surface area contributed by atoms with E-state index in [1.807, 2.05) is 25.1 Å². The lowest BCUT2D eigenvalue weighted by atomic mass is 9.67. The Hall–Kier alpha value is -2.20. The topological polar surface area (TPSA) is 55.7 Å². The molecule has 0 N–H and O–H groups in total. The Kier molecular flexibility index (Phi) is 5.38. The summed E-state index contributed by atoms with van der Waals surface area (Å²) < 4.78 is 5.33. The molecule has 0 saturated carbocycles. The molecule has 5 heteroatoms. The van der Waals surface area contributed by atoms with Crippen molar-refractivity contribution in [2.75, 3.05) is 6.61 Å². The molecule has 3 rings (SSSR count). The standard InChI is InChI=1S/C22H24ClNO3/c1-5-9-27-21(26)18-13(2)24-16-11-22(3,4)12-17(25)20(16)19(18)14-7-6-8-15(23)10-14/h5-8,10,18-19H,1,9,11-12H2,2-4H3/t18?,19-/m1/s1. The molecule has 27 heavy (non-hydrogen) atoms. The number of allylic oxidation sites excluding steroid dienone is 2. The average Bonchev–Trinajstić information content (AvgIpc) is 2.57. The zero-order valence-corrected chi connectivity index (χ0v) is 16.7. The third kappa shape index (κ3) is 3.91. The van der Waals surface area contributed by atoms with Crippen LogP contribution in [0.3, 0.4) is 0 Å². The second kappa shape index (κ2) is 7.43. The summed E-state index contributed by atoms with van der Waals surface area (Å²) in [5.41, 5.74) is 2.76. The summed E-state index contributed by atoms with van der Waals surface area (Å²) in [5, 5.41) is 0.566. The van der Waals surface area contributed by atoms with Gasteiger partial charge in [0, 0.05) is 34.3 Å². The Bertz CT molecular complexity index is 866. The van der Waals surface area contributed by atoms with Crippen LogP contribution in [0.1, 0.15) is 45.1 Å². The summed E-state index contributed by atoms with van der Waals surface area (Å²) >= 11 is 6.21. The van der Waals surface area contributed by atoms with Crippen molar-refractivity contribution in [1.29, 1.82) is 0 Å². The van der Waals surface area contributed by atoms with Gasteiger partial charge < -0.3 is 4.74 Å². The third-order valence-corrected chi connectivity index (χ3v) is 5.34. The van der Waals surface area contributed by atoms with Crippen molar-refractivity contribution < 1.29 is 14.3 Å². The first-order chi connectivity index (χ1) is 12.7. The molecule has 142 valence electrons. The lowest BCUT2D eigenvalue weighted by Gasteiger charge is -2.39. The molecule has 0 radical (unpaired) electrons. The minimum atomic E-state index is -0.646. The molecule has 4 nitrogen and oxygen atoms in total. The minimum Gasteiger partial charge on any atom is -0.461 e. The Morgan fingerprint density at radius 3 is 2.81 bits per heavy atom. The molecule has 1 aliphatic heterocycles. The Labute approximate surface area is 165 Å². The van der Waals surface area contributed by atoms with Crippen LogP contribution in [0.2, 0.25) is 5.02 Å². The number of carbonyl (C=O) groups is 2. The van der Waals surface area contributed by atoms with Crippen LogP contribution in [0.25, 0.3) is 0 Å². The van der Waals surface area contributed by atoms with E-state index < -0.39 is 17.8 Å². The van der Waals surface area contributed by atoms with Crippen molar-refractivity contribution in [3.05, 3.63) is 58.8 Å². The molecule has 1 heterocycles. The van der Waals surface area contributed by atoms with E-state index in [2.05, 4.69) is 25.4 Å². The molecular formula is C22H24ClNO3. The maximum absolute atomic E-state index is 13.1. The summed E-state index contributed by atoms with van der Waals surface area (Å²) in [6.45, 7) is 9.68. The summed E-state index contributed by atoms with van der Waals surface area (Å²) in [5.74, 6) is -1.43. The van der Waals surface area contributed by atoms with Crippen LogP contribution in [0.15, 0.2) is 53.2 Å². The zero-order chi connectivity index (χ0) is 19.8. The molecule has 0 amide bonds. The molecule has 1 aromatic rings. The maximum atomic E-state index is 13.1. The van der Waals surface area contributed by atoms with Gasteiger partial charge in [-0.05, 0) is 36.5 Å². The Balaban J connectivity index is 2.15. The third-order valence-electron chi connectivity index (χ3n) is 5.11. The van der Waals surface area contributed by atoms with E-state index in [-0.39, 0.29) is 17.8 Å². The van der Waals surface area contributed by atoms with Gasteiger partial charge in [0.1, 0.15) is 12.5 Å². The van der Waals surface area contributed by atoms with E-state index >= 15 is 0 Å². The number of rotatable bonds is 4. The normalized spacial score (nSPS) is 24.1. The summed E-state index contributed by atoms with van der Waals surface area (Å²) in [6.07, 6.45) is 2.67. The molecule has 1 unspecified atom stereocenters. The smallest absolute Gasteiger partial charge is 0.315 e. The van der Waals surface area contributed by atoms with E-state index in [4.69, 9.17) is 16.3 Å². The molecule has 0 bridgehead atoms. The molecule has 1 aromatic carbocycles. The highest BCUT2D eigenvalue weighted by molar-refractivity contribution is 6.30. The quantitative estimate of drug-likeness (QED) is 0.547. The number of esters is 1. The Morgan fingerprint density at radius 2 is 2.15 bits per heavy atom. The highest BCUT2D eigenvalue weighted by atomic mass is 35.5. The number of Topliss-reactive ketones (excluding diaryl/α,β-unsaturated/α-hetero) is 1. The van der Waals surface area contributed by atoms with Gasteiger partial charge in [-0.2, -0.15) is 0 Å². The van der Waals surface area contributed by atoms with Crippen molar-refractivity contribution in [2.24, 2.45) is 16.3 Å². The second-order valence-electron chi connectivity index (χ2n) is 7.98. The van der Waals surface area contributed by atoms with Crippen LogP contribution in [-0.4, -0.2) is 24.1 Å². The highest BCUT2D eigenvalue weighted by Crippen LogP contribution is 2.48. The van der Waals surface area contributed by atoms with E-state index in [1.165, 1.54) is 6.08 Å². The SMILES string of the molecule is C=CCOC(=O)C1C(C)=NC2=C(C(=O)CC(C)(C)C2)[C@@H]1c1cccc(Cl)c1. The highest BCUT2D eigenvalue weighted by Gasteiger charge is 2.45. The predicted octanol–water partition coefficient (Wildman–Crippen LogP) is 4.89. The van der Waals surface area contributed by atoms with Gasteiger partial charge in [-0.3, -0.25) is 14.6 Å². The maximum Gasteiger partial charge on any atom is 0.315 e. The molecule has 2 atom stereocenters. The molecule has 0 fully saturated rings. The van der Waals surface area contributed by atoms with Gasteiger partial charge in [0.2, 0.25) is 0 Å². The van der Waals surface area contributed by atoms with Crippen molar-refractivity contribution in [2.45, 2.75) is 39.5 Å². The summed E-state index contributed by atoms with van der Waals surface area (Å²) in [6, 6.07) is 7.33. The van der Waals surface area contributed by atoms with Crippen molar-refractivity contribution in [3.63, 3.8) is 0 Å². The van der Waals surface area contributed by atoms with Crippen molar-refractivity contribution >= 4 is 29.1 Å². The van der Waals surface area contributed by atoms with Gasteiger partial charge in [0.15, 0.2) is 5.78 Å². The monoisotopic (exact) mass is 385 g/mol. The van der Waals surface area contributed by atoms with E-state index in [1.54, 1.807) is 6.07 Å². The van der Waals surface area contributed by atoms with Gasteiger partial charge >= 0.3 is 5.97 Å². The number of ether oxygens (including phenoxy) is 1. The lowest BCUT2D eigenvalue weighted by molar-refractivity contribution is -0.145. The molecule has 2 aliphatic rings. The molecule has 0 aromatic heterocycles. The number of halogens is 1. The number of ketones is 1. The molecule has 0 spiro atoms. The van der Waals surface area contributed by atoms with Crippen LogP contribution in [0, 0.1) is 11.3 Å². The molecular weight excluding hydrogens is 362 g/mol. The average molecular weight is 386 g/mol. The van der Waals surface area contributed by atoms with Crippen molar-refractivity contribution in [1.82, 2.24) is 0 Å². The molecule has 1 aliphatic carbocycles. The van der Waals surface area contributed by atoms with Crippen LogP contribution < -0.4 is 0 Å². The van der Waals surface area contributed by atoms with Crippen molar-refractivity contribution in [3.8, 4) is 0 Å². The first-order valence-electron chi connectivity index (χ1n) is 9.08.